The minimum absolute atomic E-state index is 0.0171. The fourth-order valence-electron chi connectivity index (χ4n) is 2.48. The fraction of sp³-hybridized carbons (Fsp3) is 0.467. The molecule has 0 saturated heterocycles. The number of amides is 1. The average molecular weight is 277 g/mol. The molecular weight excluding hydrogens is 258 g/mol. The van der Waals surface area contributed by atoms with Crippen LogP contribution in [0.5, 0.6) is 5.75 Å². The summed E-state index contributed by atoms with van der Waals surface area (Å²) in [5.41, 5.74) is 0.578. The van der Waals surface area contributed by atoms with Crippen LogP contribution in [0, 0.1) is 5.92 Å². The van der Waals surface area contributed by atoms with E-state index in [1.165, 1.54) is 31.7 Å². The molecule has 0 radical (unpaired) electrons. The minimum atomic E-state index is -0.523. The van der Waals surface area contributed by atoms with Crippen LogP contribution in [0.25, 0.3) is 0 Å². The van der Waals surface area contributed by atoms with E-state index in [0.29, 0.717) is 5.69 Å². The van der Waals surface area contributed by atoms with Gasteiger partial charge in [0, 0.05) is 5.92 Å². The molecular formula is C15H19NO4. The van der Waals surface area contributed by atoms with Crippen molar-refractivity contribution in [3.05, 3.63) is 23.8 Å². The maximum Gasteiger partial charge on any atom is 0.337 e. The lowest BCUT2D eigenvalue weighted by Crippen LogP contribution is -2.24. The molecule has 0 atom stereocenters. The van der Waals surface area contributed by atoms with Gasteiger partial charge in [-0.15, -0.1) is 0 Å². The summed E-state index contributed by atoms with van der Waals surface area (Å²) >= 11 is 0. The third kappa shape index (κ3) is 3.29. The Morgan fingerprint density at radius 2 is 1.95 bits per heavy atom. The molecule has 2 N–H and O–H groups in total. The Bertz CT molecular complexity index is 507. The SMILES string of the molecule is COC(=O)c1ccc(NC(=O)C2CCCCC2)c(O)c1. The number of methoxy groups -OCH3 is 1. The second-order valence-corrected chi connectivity index (χ2v) is 5.05. The van der Waals surface area contributed by atoms with Gasteiger partial charge in [-0.1, -0.05) is 19.3 Å². The molecule has 0 spiro atoms. The van der Waals surface area contributed by atoms with Crippen LogP contribution in [0.4, 0.5) is 5.69 Å². The van der Waals surface area contributed by atoms with Crippen LogP contribution in [-0.2, 0) is 9.53 Å². The molecule has 20 heavy (non-hydrogen) atoms. The van der Waals surface area contributed by atoms with Crippen molar-refractivity contribution in [2.75, 3.05) is 12.4 Å². The lowest BCUT2D eigenvalue weighted by Gasteiger charge is -2.21. The summed E-state index contributed by atoms with van der Waals surface area (Å²) < 4.78 is 4.57. The van der Waals surface area contributed by atoms with Crippen molar-refractivity contribution in [2.45, 2.75) is 32.1 Å². The number of benzene rings is 1. The van der Waals surface area contributed by atoms with Gasteiger partial charge in [-0.2, -0.15) is 0 Å². The van der Waals surface area contributed by atoms with Gasteiger partial charge in [-0.3, -0.25) is 4.79 Å². The molecule has 5 heteroatoms. The first kappa shape index (κ1) is 14.4. The van der Waals surface area contributed by atoms with Crippen molar-refractivity contribution >= 4 is 17.6 Å². The lowest BCUT2D eigenvalue weighted by molar-refractivity contribution is -0.120. The fourth-order valence-corrected chi connectivity index (χ4v) is 2.48. The number of hydrogen-bond donors (Lipinski definition) is 2. The summed E-state index contributed by atoms with van der Waals surface area (Å²) in [7, 11) is 1.28. The minimum Gasteiger partial charge on any atom is -0.506 e. The van der Waals surface area contributed by atoms with Crippen LogP contribution in [0.2, 0.25) is 0 Å². The standard InChI is InChI=1S/C15H19NO4/c1-20-15(19)11-7-8-12(13(17)9-11)16-14(18)10-5-3-2-4-6-10/h7-10,17H,2-6H2,1H3,(H,16,18). The summed E-state index contributed by atoms with van der Waals surface area (Å²) in [6, 6.07) is 4.33. The number of carbonyl (C=O) groups is 2. The zero-order chi connectivity index (χ0) is 14.5. The third-order valence-corrected chi connectivity index (χ3v) is 3.65. The first-order valence-corrected chi connectivity index (χ1v) is 6.84. The molecule has 0 bridgehead atoms. The number of aromatic hydroxyl groups is 1. The molecule has 2 rings (SSSR count). The van der Waals surface area contributed by atoms with Gasteiger partial charge in [-0.25, -0.2) is 4.79 Å². The quantitative estimate of drug-likeness (QED) is 0.658. The highest BCUT2D eigenvalue weighted by Gasteiger charge is 2.22. The van der Waals surface area contributed by atoms with Crippen molar-refractivity contribution < 1.29 is 19.4 Å². The molecule has 1 fully saturated rings. The maximum absolute atomic E-state index is 12.1. The topological polar surface area (TPSA) is 75.6 Å². The Morgan fingerprint density at radius 3 is 2.55 bits per heavy atom. The van der Waals surface area contributed by atoms with Crippen LogP contribution >= 0.6 is 0 Å². The molecule has 1 aliphatic carbocycles. The van der Waals surface area contributed by atoms with E-state index >= 15 is 0 Å². The average Bonchev–Trinajstić information content (AvgIpc) is 2.49. The van der Waals surface area contributed by atoms with Crippen LogP contribution in [0.1, 0.15) is 42.5 Å². The summed E-state index contributed by atoms with van der Waals surface area (Å²) in [4.78, 5) is 23.4. The van der Waals surface area contributed by atoms with Gasteiger partial charge in [0.2, 0.25) is 5.91 Å². The van der Waals surface area contributed by atoms with Gasteiger partial charge in [0.25, 0.3) is 0 Å². The summed E-state index contributed by atoms with van der Waals surface area (Å²) in [5, 5.41) is 12.6. The number of phenolic OH excluding ortho intramolecular Hbond substituents is 1. The first-order valence-electron chi connectivity index (χ1n) is 6.84. The van der Waals surface area contributed by atoms with Crippen molar-refractivity contribution in [3.63, 3.8) is 0 Å². The van der Waals surface area contributed by atoms with Gasteiger partial charge >= 0.3 is 5.97 Å². The van der Waals surface area contributed by atoms with E-state index in [2.05, 4.69) is 10.1 Å². The van der Waals surface area contributed by atoms with E-state index in [1.54, 1.807) is 0 Å². The monoisotopic (exact) mass is 277 g/mol. The van der Waals surface area contributed by atoms with Crippen LogP contribution in [-0.4, -0.2) is 24.1 Å². The van der Waals surface area contributed by atoms with E-state index in [-0.39, 0.29) is 23.1 Å². The molecule has 1 saturated carbocycles. The van der Waals surface area contributed by atoms with Gasteiger partial charge in [-0.05, 0) is 31.0 Å². The Hall–Kier alpha value is -2.04. The van der Waals surface area contributed by atoms with E-state index < -0.39 is 5.97 Å². The number of hydrogen-bond acceptors (Lipinski definition) is 4. The van der Waals surface area contributed by atoms with Crippen LogP contribution in [0.3, 0.4) is 0 Å². The highest BCUT2D eigenvalue weighted by molar-refractivity contribution is 5.96. The number of ether oxygens (including phenoxy) is 1. The molecule has 0 heterocycles. The van der Waals surface area contributed by atoms with Crippen LogP contribution in [0.15, 0.2) is 18.2 Å². The van der Waals surface area contributed by atoms with Crippen LogP contribution < -0.4 is 5.32 Å². The van der Waals surface area contributed by atoms with E-state index in [4.69, 9.17) is 0 Å². The predicted octanol–water partition coefficient (Wildman–Crippen LogP) is 2.70. The summed E-state index contributed by atoms with van der Waals surface area (Å²) in [6.07, 6.45) is 5.12. The van der Waals surface area contributed by atoms with Crippen molar-refractivity contribution in [3.8, 4) is 5.75 Å². The second-order valence-electron chi connectivity index (χ2n) is 5.05. The molecule has 108 valence electrons. The molecule has 1 amide bonds. The smallest absolute Gasteiger partial charge is 0.337 e. The van der Waals surface area contributed by atoms with Crippen molar-refractivity contribution in [2.24, 2.45) is 5.92 Å². The molecule has 1 aromatic rings. The number of carbonyl (C=O) groups excluding carboxylic acids is 2. The van der Waals surface area contributed by atoms with Gasteiger partial charge in [0.1, 0.15) is 5.75 Å². The third-order valence-electron chi connectivity index (χ3n) is 3.65. The largest absolute Gasteiger partial charge is 0.506 e. The Morgan fingerprint density at radius 1 is 1.25 bits per heavy atom. The van der Waals surface area contributed by atoms with Crippen molar-refractivity contribution in [1.29, 1.82) is 0 Å². The zero-order valence-corrected chi connectivity index (χ0v) is 11.5. The molecule has 0 aliphatic heterocycles. The van der Waals surface area contributed by atoms with E-state index in [1.807, 2.05) is 0 Å². The predicted molar refractivity (Wildman–Crippen MR) is 74.7 cm³/mol. The molecule has 0 aromatic heterocycles. The zero-order valence-electron chi connectivity index (χ0n) is 11.5. The summed E-state index contributed by atoms with van der Waals surface area (Å²) in [6.45, 7) is 0. The molecule has 1 aromatic carbocycles. The van der Waals surface area contributed by atoms with E-state index in [0.717, 1.165) is 25.7 Å². The second kappa shape index (κ2) is 6.41. The number of phenols is 1. The van der Waals surface area contributed by atoms with E-state index in [9.17, 15) is 14.7 Å². The maximum atomic E-state index is 12.1. The Labute approximate surface area is 117 Å². The normalized spacial score (nSPS) is 15.7. The Kier molecular flexibility index (Phi) is 4.61. The number of rotatable bonds is 3. The number of nitrogens with one attached hydrogen (secondary N) is 1. The highest BCUT2D eigenvalue weighted by atomic mass is 16.5. The highest BCUT2D eigenvalue weighted by Crippen LogP contribution is 2.28. The Balaban J connectivity index is 2.05. The van der Waals surface area contributed by atoms with Gasteiger partial charge < -0.3 is 15.2 Å². The molecule has 5 nitrogen and oxygen atoms in total. The van der Waals surface area contributed by atoms with Gasteiger partial charge in [0.15, 0.2) is 0 Å². The molecule has 1 aliphatic rings. The number of anilines is 1. The molecule has 0 unspecified atom stereocenters. The summed E-state index contributed by atoms with van der Waals surface area (Å²) in [5.74, 6) is -0.697. The first-order chi connectivity index (χ1) is 9.61. The van der Waals surface area contributed by atoms with Crippen molar-refractivity contribution in [1.82, 2.24) is 0 Å². The number of esters is 1. The lowest BCUT2D eigenvalue weighted by atomic mass is 9.88. The van der Waals surface area contributed by atoms with Gasteiger partial charge in [0.05, 0.1) is 18.4 Å².